The Kier molecular flexibility index (Phi) is 4.64. The molecule has 2 N–H and O–H groups in total. The molecule has 4 unspecified atom stereocenters. The fourth-order valence-electron chi connectivity index (χ4n) is 2.89. The third kappa shape index (κ3) is 3.09. The van der Waals surface area contributed by atoms with Crippen molar-refractivity contribution in [2.24, 2.45) is 17.6 Å². The Morgan fingerprint density at radius 3 is 2.19 bits per heavy atom. The smallest absolute Gasteiger partial charge is 0.232 e. The van der Waals surface area contributed by atoms with Crippen LogP contribution in [0.3, 0.4) is 0 Å². The van der Waals surface area contributed by atoms with E-state index in [9.17, 15) is 4.79 Å². The van der Waals surface area contributed by atoms with Gasteiger partial charge in [-0.1, -0.05) is 19.1 Å². The molecule has 5 heteroatoms. The van der Waals surface area contributed by atoms with Gasteiger partial charge in [0.25, 0.3) is 0 Å². The zero-order valence-electron chi connectivity index (χ0n) is 12.9. The predicted molar refractivity (Wildman–Crippen MR) is 88.4 cm³/mol. The molecule has 0 spiro atoms. The molecule has 1 amide bonds. The maximum absolute atomic E-state index is 12.7. The van der Waals surface area contributed by atoms with Crippen LogP contribution in [0.5, 0.6) is 0 Å². The van der Waals surface area contributed by atoms with Crippen LogP contribution in [0.15, 0.2) is 24.3 Å². The van der Waals surface area contributed by atoms with Gasteiger partial charge in [0.1, 0.15) is 4.99 Å². The summed E-state index contributed by atoms with van der Waals surface area (Å²) in [6.07, 6.45) is 0.0557. The number of nitrogens with two attached hydrogens (primary N) is 1. The topological polar surface area (TPSA) is 55.6 Å². The lowest BCUT2D eigenvalue weighted by molar-refractivity contribution is -0.124. The van der Waals surface area contributed by atoms with Crippen molar-refractivity contribution in [3.8, 4) is 0 Å². The number of nitrogens with zero attached hydrogens (tertiary/aromatic N) is 1. The van der Waals surface area contributed by atoms with Crippen LogP contribution >= 0.6 is 12.2 Å². The number of carbonyl (C=O) groups excluding carboxylic acids is 1. The van der Waals surface area contributed by atoms with E-state index < -0.39 is 0 Å². The van der Waals surface area contributed by atoms with Gasteiger partial charge in [-0.3, -0.25) is 4.79 Å². The summed E-state index contributed by atoms with van der Waals surface area (Å²) in [5.41, 5.74) is 7.22. The maximum Gasteiger partial charge on any atom is 0.232 e. The van der Waals surface area contributed by atoms with Gasteiger partial charge in [-0.2, -0.15) is 0 Å². The molecule has 1 aromatic rings. The van der Waals surface area contributed by atoms with E-state index in [4.69, 9.17) is 22.7 Å². The molecule has 0 aromatic heterocycles. The lowest BCUT2D eigenvalue weighted by Gasteiger charge is -2.25. The Hall–Kier alpha value is -1.46. The van der Waals surface area contributed by atoms with E-state index in [2.05, 4.69) is 6.92 Å². The number of thiocarbonyl (C=S) groups is 1. The second-order valence-corrected chi connectivity index (χ2v) is 6.18. The van der Waals surface area contributed by atoms with Crippen molar-refractivity contribution in [1.29, 1.82) is 0 Å². The zero-order chi connectivity index (χ0) is 15.7. The molecule has 1 aliphatic rings. The van der Waals surface area contributed by atoms with E-state index in [0.29, 0.717) is 4.99 Å². The number of amides is 1. The summed E-state index contributed by atoms with van der Waals surface area (Å²) >= 11 is 4.93. The van der Waals surface area contributed by atoms with Gasteiger partial charge in [0.15, 0.2) is 0 Å². The number of ether oxygens (including phenoxy) is 1. The summed E-state index contributed by atoms with van der Waals surface area (Å²) in [5, 5.41) is 0. The molecule has 1 fully saturated rings. The van der Waals surface area contributed by atoms with Gasteiger partial charge in [-0.05, 0) is 44.0 Å². The van der Waals surface area contributed by atoms with E-state index in [0.717, 1.165) is 11.3 Å². The van der Waals surface area contributed by atoms with Crippen molar-refractivity contribution in [3.63, 3.8) is 0 Å². The van der Waals surface area contributed by atoms with E-state index in [1.807, 2.05) is 38.1 Å². The number of anilines is 1. The fourth-order valence-corrected chi connectivity index (χ4v) is 3.03. The van der Waals surface area contributed by atoms with E-state index in [1.54, 1.807) is 11.9 Å². The highest BCUT2D eigenvalue weighted by atomic mass is 32.1. The predicted octanol–water partition coefficient (Wildman–Crippen LogP) is 2.34. The van der Waals surface area contributed by atoms with Crippen molar-refractivity contribution >= 4 is 28.8 Å². The Morgan fingerprint density at radius 1 is 1.19 bits per heavy atom. The molecule has 1 saturated heterocycles. The highest BCUT2D eigenvalue weighted by molar-refractivity contribution is 7.80. The molecule has 0 bridgehead atoms. The first-order chi connectivity index (χ1) is 9.82. The van der Waals surface area contributed by atoms with E-state index >= 15 is 0 Å². The van der Waals surface area contributed by atoms with Gasteiger partial charge in [0.05, 0.1) is 18.1 Å². The molecule has 4 nitrogen and oxygen atoms in total. The van der Waals surface area contributed by atoms with Gasteiger partial charge in [0, 0.05) is 18.3 Å². The normalized spacial score (nSPS) is 28.4. The Labute approximate surface area is 131 Å². The van der Waals surface area contributed by atoms with Crippen LogP contribution in [0, 0.1) is 11.8 Å². The Balaban J connectivity index is 2.17. The standard InChI is InChI=1S/C16H22N2O2S/c1-9-10(2)20-11(3)14(9)16(19)18(4)13-7-5-12(6-8-13)15(17)21/h5-11,14H,1-4H3,(H2,17,21). The van der Waals surface area contributed by atoms with Gasteiger partial charge >= 0.3 is 0 Å². The van der Waals surface area contributed by atoms with Crippen molar-refractivity contribution in [2.45, 2.75) is 33.0 Å². The van der Waals surface area contributed by atoms with Gasteiger partial charge in [0.2, 0.25) is 5.91 Å². The lowest BCUT2D eigenvalue weighted by atomic mass is 9.88. The minimum atomic E-state index is -0.111. The Bertz CT molecular complexity index is 544. The lowest BCUT2D eigenvalue weighted by Crippen LogP contribution is -2.38. The highest BCUT2D eigenvalue weighted by Gasteiger charge is 2.42. The molecule has 0 saturated carbocycles. The molecule has 1 aromatic carbocycles. The summed E-state index contributed by atoms with van der Waals surface area (Å²) in [5.74, 6) is 0.188. The fraction of sp³-hybridized carbons (Fsp3) is 0.500. The maximum atomic E-state index is 12.7. The van der Waals surface area contributed by atoms with Gasteiger partial charge in [-0.15, -0.1) is 0 Å². The largest absolute Gasteiger partial charge is 0.389 e. The van der Waals surface area contributed by atoms with Crippen LogP contribution in [0.2, 0.25) is 0 Å². The average Bonchev–Trinajstić information content (AvgIpc) is 2.70. The van der Waals surface area contributed by atoms with Gasteiger partial charge < -0.3 is 15.4 Å². The molecule has 0 aliphatic carbocycles. The van der Waals surface area contributed by atoms with Crippen molar-refractivity contribution in [2.75, 3.05) is 11.9 Å². The van der Waals surface area contributed by atoms with E-state index in [-0.39, 0.29) is 30.0 Å². The quantitative estimate of drug-likeness (QED) is 0.871. The SMILES string of the molecule is CC1OC(C)C(C(=O)N(C)c2ccc(C(N)=S)cc2)C1C. The first-order valence-electron chi connectivity index (χ1n) is 7.15. The second-order valence-electron chi connectivity index (χ2n) is 5.74. The summed E-state index contributed by atoms with van der Waals surface area (Å²) in [6.45, 7) is 6.05. The molecular weight excluding hydrogens is 284 g/mol. The van der Waals surface area contributed by atoms with Gasteiger partial charge in [-0.25, -0.2) is 0 Å². The van der Waals surface area contributed by atoms with E-state index in [1.165, 1.54) is 0 Å². The summed E-state index contributed by atoms with van der Waals surface area (Å²) in [4.78, 5) is 14.8. The molecule has 1 heterocycles. The number of carbonyl (C=O) groups is 1. The molecule has 21 heavy (non-hydrogen) atoms. The van der Waals surface area contributed by atoms with Crippen LogP contribution in [0.4, 0.5) is 5.69 Å². The minimum Gasteiger partial charge on any atom is -0.389 e. The van der Waals surface area contributed by atoms with Crippen LogP contribution < -0.4 is 10.6 Å². The highest BCUT2D eigenvalue weighted by Crippen LogP contribution is 2.34. The van der Waals surface area contributed by atoms with Crippen molar-refractivity contribution < 1.29 is 9.53 Å². The molecular formula is C16H22N2O2S. The summed E-state index contributed by atoms with van der Waals surface area (Å²) < 4.78 is 5.76. The van der Waals surface area contributed by atoms with Crippen molar-refractivity contribution in [1.82, 2.24) is 0 Å². The first-order valence-corrected chi connectivity index (χ1v) is 7.56. The molecule has 0 radical (unpaired) electrons. The monoisotopic (exact) mass is 306 g/mol. The first kappa shape index (κ1) is 15.9. The average molecular weight is 306 g/mol. The minimum absolute atomic E-state index is 0.0548. The van der Waals surface area contributed by atoms with Crippen LogP contribution in [-0.2, 0) is 9.53 Å². The second kappa shape index (κ2) is 6.12. The zero-order valence-corrected chi connectivity index (χ0v) is 13.7. The Morgan fingerprint density at radius 2 is 1.76 bits per heavy atom. The number of benzene rings is 1. The third-order valence-corrected chi connectivity index (χ3v) is 4.63. The third-order valence-electron chi connectivity index (χ3n) is 4.40. The molecule has 114 valence electrons. The number of rotatable bonds is 3. The summed E-state index contributed by atoms with van der Waals surface area (Å²) in [6, 6.07) is 7.39. The molecule has 4 atom stereocenters. The number of hydrogen-bond donors (Lipinski definition) is 1. The molecule has 1 aliphatic heterocycles. The molecule has 2 rings (SSSR count). The summed E-state index contributed by atoms with van der Waals surface area (Å²) in [7, 11) is 1.79. The van der Waals surface area contributed by atoms with Crippen LogP contribution in [-0.4, -0.2) is 30.2 Å². The van der Waals surface area contributed by atoms with Crippen molar-refractivity contribution in [3.05, 3.63) is 29.8 Å². The van der Waals surface area contributed by atoms with Crippen LogP contribution in [0.25, 0.3) is 0 Å². The van der Waals surface area contributed by atoms with Crippen LogP contribution in [0.1, 0.15) is 26.3 Å². The number of hydrogen-bond acceptors (Lipinski definition) is 3.